The maximum absolute atomic E-state index is 5.76. The van der Waals surface area contributed by atoms with Crippen molar-refractivity contribution in [2.24, 2.45) is 23.5 Å². The van der Waals surface area contributed by atoms with Crippen LogP contribution in [0.15, 0.2) is 0 Å². The van der Waals surface area contributed by atoms with Crippen molar-refractivity contribution in [2.45, 2.75) is 58.4 Å². The summed E-state index contributed by atoms with van der Waals surface area (Å²) < 4.78 is 0. The Balaban J connectivity index is 1.74. The van der Waals surface area contributed by atoms with Gasteiger partial charge < -0.3 is 10.6 Å². The molecular weight excluding hydrogens is 208 g/mol. The van der Waals surface area contributed by atoms with Crippen LogP contribution >= 0.6 is 0 Å². The molecule has 17 heavy (non-hydrogen) atoms. The standard InChI is InChI=1S/C15H30N2/c1-12(2)14-3-5-15(6-4-14)17-9-7-13(11-16)8-10-17/h12-15H,3-11,16H2,1-2H3. The topological polar surface area (TPSA) is 29.3 Å². The lowest BCUT2D eigenvalue weighted by Gasteiger charge is -2.41. The Morgan fingerprint density at radius 2 is 1.59 bits per heavy atom. The molecule has 2 aliphatic rings. The predicted molar refractivity (Wildman–Crippen MR) is 73.9 cm³/mol. The summed E-state index contributed by atoms with van der Waals surface area (Å²) in [5.41, 5.74) is 5.76. The van der Waals surface area contributed by atoms with Gasteiger partial charge in [0, 0.05) is 6.04 Å². The molecule has 1 heterocycles. The van der Waals surface area contributed by atoms with Crippen LogP contribution in [-0.2, 0) is 0 Å². The molecule has 2 rings (SSSR count). The van der Waals surface area contributed by atoms with E-state index in [4.69, 9.17) is 5.73 Å². The molecule has 0 unspecified atom stereocenters. The van der Waals surface area contributed by atoms with Crippen molar-refractivity contribution in [3.8, 4) is 0 Å². The molecule has 2 N–H and O–H groups in total. The maximum Gasteiger partial charge on any atom is 0.00954 e. The van der Waals surface area contributed by atoms with Crippen molar-refractivity contribution in [1.82, 2.24) is 4.90 Å². The molecule has 0 amide bonds. The Kier molecular flexibility index (Phi) is 4.87. The monoisotopic (exact) mass is 238 g/mol. The summed E-state index contributed by atoms with van der Waals surface area (Å²) in [6, 6.07) is 0.892. The van der Waals surface area contributed by atoms with Gasteiger partial charge in [0.2, 0.25) is 0 Å². The second kappa shape index (κ2) is 6.19. The van der Waals surface area contributed by atoms with Crippen molar-refractivity contribution in [1.29, 1.82) is 0 Å². The second-order valence-corrected chi connectivity index (χ2v) is 6.53. The SMILES string of the molecule is CC(C)C1CCC(N2CCC(CN)CC2)CC1. The Labute approximate surface area is 107 Å². The number of likely N-dealkylation sites (tertiary alicyclic amines) is 1. The van der Waals surface area contributed by atoms with Gasteiger partial charge >= 0.3 is 0 Å². The average Bonchev–Trinajstić information content (AvgIpc) is 2.39. The molecule has 0 spiro atoms. The third kappa shape index (κ3) is 3.45. The second-order valence-electron chi connectivity index (χ2n) is 6.53. The summed E-state index contributed by atoms with van der Waals surface area (Å²) in [5.74, 6) is 2.69. The van der Waals surface area contributed by atoms with Gasteiger partial charge in [0.1, 0.15) is 0 Å². The molecule has 0 atom stereocenters. The molecule has 1 aliphatic carbocycles. The van der Waals surface area contributed by atoms with Crippen molar-refractivity contribution in [3.05, 3.63) is 0 Å². The minimum Gasteiger partial charge on any atom is -0.330 e. The number of piperidine rings is 1. The van der Waals surface area contributed by atoms with Gasteiger partial charge in [-0.15, -0.1) is 0 Å². The number of hydrogen-bond donors (Lipinski definition) is 1. The van der Waals surface area contributed by atoms with Crippen LogP contribution in [-0.4, -0.2) is 30.6 Å². The first kappa shape index (κ1) is 13.4. The first-order valence-corrected chi connectivity index (χ1v) is 7.64. The first-order chi connectivity index (χ1) is 8.20. The molecule has 0 bridgehead atoms. The lowest BCUT2D eigenvalue weighted by Crippen LogP contribution is -2.44. The van der Waals surface area contributed by atoms with Crippen LogP contribution in [0.5, 0.6) is 0 Å². The third-order valence-electron chi connectivity index (χ3n) is 5.18. The van der Waals surface area contributed by atoms with Gasteiger partial charge in [-0.05, 0) is 75.9 Å². The largest absolute Gasteiger partial charge is 0.330 e. The molecule has 0 aromatic rings. The zero-order valence-electron chi connectivity index (χ0n) is 11.7. The van der Waals surface area contributed by atoms with Gasteiger partial charge in [-0.1, -0.05) is 13.8 Å². The fourth-order valence-corrected chi connectivity index (χ4v) is 3.69. The van der Waals surface area contributed by atoms with Gasteiger partial charge in [-0.3, -0.25) is 0 Å². The molecule has 100 valence electrons. The predicted octanol–water partition coefficient (Wildman–Crippen LogP) is 2.87. The summed E-state index contributed by atoms with van der Waals surface area (Å²) in [6.07, 6.45) is 8.46. The first-order valence-electron chi connectivity index (χ1n) is 7.64. The van der Waals surface area contributed by atoms with E-state index in [-0.39, 0.29) is 0 Å². The van der Waals surface area contributed by atoms with Crippen LogP contribution < -0.4 is 5.73 Å². The van der Waals surface area contributed by atoms with Crippen molar-refractivity contribution < 1.29 is 0 Å². The zero-order chi connectivity index (χ0) is 12.3. The van der Waals surface area contributed by atoms with Crippen molar-refractivity contribution in [2.75, 3.05) is 19.6 Å². The number of rotatable bonds is 3. The van der Waals surface area contributed by atoms with E-state index >= 15 is 0 Å². The van der Waals surface area contributed by atoms with Crippen LogP contribution in [0.2, 0.25) is 0 Å². The Hall–Kier alpha value is -0.0800. The smallest absolute Gasteiger partial charge is 0.00954 e. The van der Waals surface area contributed by atoms with Gasteiger partial charge in [0.15, 0.2) is 0 Å². The highest BCUT2D eigenvalue weighted by molar-refractivity contribution is 4.83. The fraction of sp³-hybridized carbons (Fsp3) is 1.00. The Morgan fingerprint density at radius 1 is 1.00 bits per heavy atom. The molecule has 2 fully saturated rings. The molecule has 2 nitrogen and oxygen atoms in total. The minimum atomic E-state index is 0.804. The molecule has 0 aromatic heterocycles. The van der Waals surface area contributed by atoms with Crippen LogP contribution in [0.1, 0.15) is 52.4 Å². The fourth-order valence-electron chi connectivity index (χ4n) is 3.69. The number of nitrogens with zero attached hydrogens (tertiary/aromatic N) is 1. The van der Waals surface area contributed by atoms with E-state index in [1.54, 1.807) is 0 Å². The van der Waals surface area contributed by atoms with Crippen molar-refractivity contribution >= 4 is 0 Å². The summed E-state index contributed by atoms with van der Waals surface area (Å²) in [7, 11) is 0. The van der Waals surface area contributed by atoms with E-state index in [1.807, 2.05) is 0 Å². The molecule has 2 heteroatoms. The van der Waals surface area contributed by atoms with E-state index in [0.29, 0.717) is 0 Å². The highest BCUT2D eigenvalue weighted by Crippen LogP contribution is 2.33. The van der Waals surface area contributed by atoms with E-state index < -0.39 is 0 Å². The minimum absolute atomic E-state index is 0.804. The summed E-state index contributed by atoms with van der Waals surface area (Å²) in [4.78, 5) is 2.75. The zero-order valence-corrected chi connectivity index (χ0v) is 11.7. The summed E-state index contributed by atoms with van der Waals surface area (Å²) >= 11 is 0. The van der Waals surface area contributed by atoms with E-state index in [9.17, 15) is 0 Å². The van der Waals surface area contributed by atoms with Crippen LogP contribution in [0.3, 0.4) is 0 Å². The number of hydrogen-bond acceptors (Lipinski definition) is 2. The average molecular weight is 238 g/mol. The van der Waals surface area contributed by atoms with E-state index in [2.05, 4.69) is 18.7 Å². The van der Waals surface area contributed by atoms with Crippen LogP contribution in [0.25, 0.3) is 0 Å². The molecule has 1 saturated heterocycles. The molecule has 1 saturated carbocycles. The highest BCUT2D eigenvalue weighted by Gasteiger charge is 2.29. The quantitative estimate of drug-likeness (QED) is 0.819. The third-order valence-corrected chi connectivity index (χ3v) is 5.18. The summed E-state index contributed by atoms with van der Waals surface area (Å²) in [5, 5.41) is 0. The highest BCUT2D eigenvalue weighted by atomic mass is 15.2. The van der Waals surface area contributed by atoms with E-state index in [1.165, 1.54) is 51.6 Å². The van der Waals surface area contributed by atoms with Crippen LogP contribution in [0.4, 0.5) is 0 Å². The normalized spacial score (nSPS) is 33.2. The molecule has 0 radical (unpaired) electrons. The van der Waals surface area contributed by atoms with Gasteiger partial charge in [0.05, 0.1) is 0 Å². The Morgan fingerprint density at radius 3 is 2.06 bits per heavy atom. The van der Waals surface area contributed by atoms with Gasteiger partial charge in [-0.2, -0.15) is 0 Å². The lowest BCUT2D eigenvalue weighted by atomic mass is 9.79. The van der Waals surface area contributed by atoms with Crippen LogP contribution in [0, 0.1) is 17.8 Å². The summed E-state index contributed by atoms with van der Waals surface area (Å²) in [6.45, 7) is 8.28. The molecule has 1 aliphatic heterocycles. The lowest BCUT2D eigenvalue weighted by molar-refractivity contribution is 0.0883. The number of nitrogens with two attached hydrogens (primary N) is 1. The van der Waals surface area contributed by atoms with Crippen molar-refractivity contribution in [3.63, 3.8) is 0 Å². The van der Waals surface area contributed by atoms with E-state index in [0.717, 1.165) is 30.3 Å². The maximum atomic E-state index is 5.76. The van der Waals surface area contributed by atoms with Gasteiger partial charge in [-0.25, -0.2) is 0 Å². The molecule has 0 aromatic carbocycles. The van der Waals surface area contributed by atoms with Gasteiger partial charge in [0.25, 0.3) is 0 Å². The Bertz CT molecular complexity index is 211. The molecular formula is C15H30N2.